The zero-order valence-electron chi connectivity index (χ0n) is 43.0. The van der Waals surface area contributed by atoms with Crippen molar-refractivity contribution in [2.24, 2.45) is 10.8 Å². The summed E-state index contributed by atoms with van der Waals surface area (Å²) in [5.74, 6) is -6.24. The highest BCUT2D eigenvalue weighted by molar-refractivity contribution is 5.81. The summed E-state index contributed by atoms with van der Waals surface area (Å²) in [5.41, 5.74) is -4.61. The van der Waals surface area contributed by atoms with E-state index in [1.165, 1.54) is 0 Å². The van der Waals surface area contributed by atoms with E-state index in [4.69, 9.17) is 76.9 Å². The van der Waals surface area contributed by atoms with Crippen LogP contribution in [0.25, 0.3) is 0 Å². The van der Waals surface area contributed by atoms with Crippen molar-refractivity contribution in [3.05, 3.63) is 0 Å². The summed E-state index contributed by atoms with van der Waals surface area (Å²) in [6, 6.07) is 0. The lowest BCUT2D eigenvalue weighted by Crippen LogP contribution is -2.42. The summed E-state index contributed by atoms with van der Waals surface area (Å²) in [4.78, 5) is 94.0. The lowest BCUT2D eigenvalue weighted by molar-refractivity contribution is -0.168. The lowest BCUT2D eigenvalue weighted by atomic mass is 9.85. The Bertz CT molecular complexity index is 1410. The molecule has 0 heterocycles. The first-order valence-electron chi connectivity index (χ1n) is 22.6. The first-order chi connectivity index (χ1) is 32.5. The molecule has 0 atom stereocenters. The number of esters is 3. The number of carboxylic acids is 3. The van der Waals surface area contributed by atoms with E-state index in [0.717, 1.165) is 0 Å². The van der Waals surface area contributed by atoms with Crippen LogP contribution in [0.2, 0.25) is 0 Å². The van der Waals surface area contributed by atoms with E-state index in [2.05, 4.69) is 0 Å². The van der Waals surface area contributed by atoms with Gasteiger partial charge in [0.2, 0.25) is 0 Å². The van der Waals surface area contributed by atoms with Gasteiger partial charge in [-0.1, -0.05) is 0 Å². The maximum Gasteiger partial charge on any atom is 0.332 e. The van der Waals surface area contributed by atoms with Crippen LogP contribution in [0.5, 0.6) is 0 Å². The standard InChI is InChI=1S/C29H52O12.C17H28O12/c1-11-34-12-13-35-15-22(30)14-29(19-36-16-23(31)39-26(2,3)4,20-37-17-24(32)40-27(5,6)7)21-38-18-25(33)41-28(8,9)10;1-2-25-3-4-26-6-13(18)5-17(10-27-7-14(19)20,11-28-8-15(21)22)12-29-9-16(23)24/h11-21H2,1-10H3;2-12H2,1H3,(H,19,20)(H,21,22)(H,23,24). The van der Waals surface area contributed by atoms with Crippen LogP contribution in [-0.2, 0) is 99.9 Å². The zero-order valence-corrected chi connectivity index (χ0v) is 43.0. The molecule has 0 aliphatic carbocycles. The second-order valence-electron chi connectivity index (χ2n) is 18.8. The molecule has 0 amide bonds. The Kier molecular flexibility index (Phi) is 35.5. The van der Waals surface area contributed by atoms with Gasteiger partial charge in [-0.15, -0.1) is 0 Å². The average Bonchev–Trinajstić information content (AvgIpc) is 3.18. The number of Topliss-reactive ketones (excluding diaryl/α,β-unsaturated/α-hetero) is 2. The predicted octanol–water partition coefficient (Wildman–Crippen LogP) is 2.35. The average molecular weight is 1020 g/mol. The minimum atomic E-state index is -1.29. The van der Waals surface area contributed by atoms with Crippen LogP contribution in [0.4, 0.5) is 0 Å². The molecule has 0 fully saturated rings. The Balaban J connectivity index is 0. The molecule has 0 aliphatic heterocycles. The van der Waals surface area contributed by atoms with Gasteiger partial charge in [0, 0.05) is 36.9 Å². The number of ketones is 2. The third-order valence-corrected chi connectivity index (χ3v) is 7.87. The quantitative estimate of drug-likeness (QED) is 0.0451. The van der Waals surface area contributed by atoms with E-state index in [1.54, 1.807) is 62.3 Å². The molecule has 0 radical (unpaired) electrons. The molecule has 24 nitrogen and oxygen atoms in total. The second kappa shape index (κ2) is 36.6. The Morgan fingerprint density at radius 2 is 0.557 bits per heavy atom. The molecular weight excluding hydrogens is 936 g/mol. The summed E-state index contributed by atoms with van der Waals surface area (Å²) < 4.78 is 69.0. The number of hydrogen-bond acceptors (Lipinski definition) is 21. The van der Waals surface area contributed by atoms with Crippen molar-refractivity contribution in [3.8, 4) is 0 Å². The summed E-state index contributed by atoms with van der Waals surface area (Å²) in [7, 11) is 0. The van der Waals surface area contributed by atoms with Crippen molar-refractivity contribution >= 4 is 47.4 Å². The van der Waals surface area contributed by atoms with Crippen LogP contribution in [-0.4, -0.2) is 212 Å². The van der Waals surface area contributed by atoms with Gasteiger partial charge >= 0.3 is 35.8 Å². The van der Waals surface area contributed by atoms with Gasteiger partial charge in [0.1, 0.15) is 69.7 Å². The monoisotopic (exact) mass is 1020 g/mol. The number of aliphatic carboxylic acids is 3. The molecule has 0 aliphatic rings. The Morgan fingerprint density at radius 1 is 0.329 bits per heavy atom. The van der Waals surface area contributed by atoms with Crippen LogP contribution >= 0.6 is 0 Å². The Labute approximate surface area is 410 Å². The summed E-state index contributed by atoms with van der Waals surface area (Å²) >= 11 is 0. The van der Waals surface area contributed by atoms with Gasteiger partial charge < -0.3 is 76.9 Å². The molecule has 0 spiro atoms. The van der Waals surface area contributed by atoms with Crippen molar-refractivity contribution in [2.75, 3.05) is 132 Å². The first-order valence-corrected chi connectivity index (χ1v) is 22.6. The van der Waals surface area contributed by atoms with Crippen LogP contribution < -0.4 is 0 Å². The van der Waals surface area contributed by atoms with E-state index in [1.807, 2.05) is 13.8 Å². The molecule has 3 N–H and O–H groups in total. The molecule has 0 saturated carbocycles. The van der Waals surface area contributed by atoms with Gasteiger partial charge in [0.25, 0.3) is 0 Å². The number of carbonyl (C=O) groups is 8. The third-order valence-electron chi connectivity index (χ3n) is 7.87. The smallest absolute Gasteiger partial charge is 0.332 e. The second-order valence-corrected chi connectivity index (χ2v) is 18.8. The maximum atomic E-state index is 12.9. The SMILES string of the molecule is CCOCCOCC(=O)CC(COCC(=O)O)(COCC(=O)O)COCC(=O)O.CCOCCOCC(=O)CC(COCC(=O)OC(C)(C)C)(COCC(=O)OC(C)(C)C)COCC(=O)OC(C)(C)C. The molecule has 0 aromatic carbocycles. The predicted molar refractivity (Wildman–Crippen MR) is 244 cm³/mol. The summed E-state index contributed by atoms with van der Waals surface area (Å²) in [6.45, 7) is 16.1. The zero-order chi connectivity index (χ0) is 53.9. The highest BCUT2D eigenvalue weighted by Gasteiger charge is 2.37. The van der Waals surface area contributed by atoms with Crippen molar-refractivity contribution < 1.29 is 115 Å². The van der Waals surface area contributed by atoms with Gasteiger partial charge in [-0.3, -0.25) is 9.59 Å². The van der Waals surface area contributed by atoms with Gasteiger partial charge in [-0.2, -0.15) is 0 Å². The summed E-state index contributed by atoms with van der Waals surface area (Å²) in [6.07, 6.45) is -0.418. The molecule has 0 unspecified atom stereocenters. The first kappa shape index (κ1) is 67.8. The molecule has 24 heteroatoms. The van der Waals surface area contributed by atoms with Gasteiger partial charge in [0.15, 0.2) is 11.6 Å². The minimum absolute atomic E-state index is 0.154. The molecule has 0 bridgehead atoms. The fraction of sp³-hybridized carbons (Fsp3) is 0.826. The third kappa shape index (κ3) is 42.6. The number of ether oxygens (including phenoxy) is 13. The minimum Gasteiger partial charge on any atom is -0.480 e. The largest absolute Gasteiger partial charge is 0.480 e. The molecule has 0 aromatic heterocycles. The molecule has 0 saturated heterocycles. The van der Waals surface area contributed by atoms with Crippen LogP contribution in [0.1, 0.15) is 89.0 Å². The van der Waals surface area contributed by atoms with Crippen molar-refractivity contribution in [2.45, 2.75) is 106 Å². The Morgan fingerprint density at radius 3 is 0.771 bits per heavy atom. The van der Waals surface area contributed by atoms with Crippen LogP contribution in [0.15, 0.2) is 0 Å². The van der Waals surface area contributed by atoms with E-state index in [0.29, 0.717) is 26.4 Å². The van der Waals surface area contributed by atoms with Gasteiger partial charge in [-0.05, 0) is 76.2 Å². The normalized spacial score (nSPS) is 12.1. The highest BCUT2D eigenvalue weighted by atomic mass is 16.6. The number of rotatable bonds is 40. The maximum absolute atomic E-state index is 12.9. The molecule has 70 heavy (non-hydrogen) atoms. The van der Waals surface area contributed by atoms with E-state index < -0.39 is 109 Å². The topological polar surface area (TPSA) is 317 Å². The van der Waals surface area contributed by atoms with Crippen LogP contribution in [0.3, 0.4) is 0 Å². The molecule has 0 rings (SSSR count). The molecule has 0 aromatic rings. The van der Waals surface area contributed by atoms with Crippen molar-refractivity contribution in [1.29, 1.82) is 0 Å². The highest BCUT2D eigenvalue weighted by Crippen LogP contribution is 2.27. The lowest BCUT2D eigenvalue weighted by Gasteiger charge is -2.33. The van der Waals surface area contributed by atoms with E-state index in [-0.39, 0.29) is 84.7 Å². The molecular formula is C46H80O24. The van der Waals surface area contributed by atoms with Crippen molar-refractivity contribution in [1.82, 2.24) is 0 Å². The fourth-order valence-corrected chi connectivity index (χ4v) is 5.62. The van der Waals surface area contributed by atoms with Crippen LogP contribution in [0, 0.1) is 10.8 Å². The molecule has 408 valence electrons. The van der Waals surface area contributed by atoms with Gasteiger partial charge in [-0.25, -0.2) is 28.8 Å². The van der Waals surface area contributed by atoms with E-state index >= 15 is 0 Å². The summed E-state index contributed by atoms with van der Waals surface area (Å²) in [5, 5.41) is 26.2. The van der Waals surface area contributed by atoms with E-state index in [9.17, 15) is 38.4 Å². The Hall–Kier alpha value is -4.24. The number of carboxylic acid groups (broad SMARTS) is 3. The number of carbonyl (C=O) groups excluding carboxylic acids is 5. The van der Waals surface area contributed by atoms with Gasteiger partial charge in [0.05, 0.1) is 66.1 Å². The van der Waals surface area contributed by atoms with Crippen molar-refractivity contribution in [3.63, 3.8) is 0 Å². The fourth-order valence-electron chi connectivity index (χ4n) is 5.62. The number of hydrogen-bond donors (Lipinski definition) is 3.